The van der Waals surface area contributed by atoms with Crippen molar-refractivity contribution in [2.24, 2.45) is 5.92 Å². The first-order valence-electron chi connectivity index (χ1n) is 10.8. The van der Waals surface area contributed by atoms with E-state index >= 15 is 0 Å². The normalized spacial score (nSPS) is 18.6. The first kappa shape index (κ1) is 22.1. The van der Waals surface area contributed by atoms with Crippen LogP contribution in [-0.2, 0) is 16.1 Å². The van der Waals surface area contributed by atoms with Crippen molar-refractivity contribution >= 4 is 5.97 Å². The molecule has 0 radical (unpaired) electrons. The second kappa shape index (κ2) is 10.4. The molecule has 3 rings (SSSR count). The molecule has 30 heavy (non-hydrogen) atoms. The summed E-state index contributed by atoms with van der Waals surface area (Å²) in [6.07, 6.45) is 5.19. The Bertz CT molecular complexity index is 861. The summed E-state index contributed by atoms with van der Waals surface area (Å²) < 4.78 is 10.8. The molecule has 0 atom stereocenters. The molecule has 0 heterocycles. The number of hydrogen-bond donors (Lipinski definition) is 1. The summed E-state index contributed by atoms with van der Waals surface area (Å²) in [4.78, 5) is 11.5. The molecular weight excluding hydrogens is 376 g/mol. The molecular formula is C26H32O4. The number of hydrogen-bond acceptors (Lipinski definition) is 4. The highest BCUT2D eigenvalue weighted by molar-refractivity contribution is 5.86. The lowest BCUT2D eigenvalue weighted by molar-refractivity contribution is -0.139. The van der Waals surface area contributed by atoms with Crippen LogP contribution in [0, 0.1) is 5.92 Å². The predicted molar refractivity (Wildman–Crippen MR) is 119 cm³/mol. The van der Waals surface area contributed by atoms with E-state index < -0.39 is 5.97 Å². The number of aliphatic hydroxyl groups excluding tert-OH is 1. The number of benzene rings is 2. The van der Waals surface area contributed by atoms with Gasteiger partial charge in [-0.1, -0.05) is 62.7 Å². The van der Waals surface area contributed by atoms with Crippen molar-refractivity contribution in [1.82, 2.24) is 0 Å². The van der Waals surface area contributed by atoms with Gasteiger partial charge in [-0.05, 0) is 54.4 Å². The van der Waals surface area contributed by atoms with Crippen LogP contribution in [0.4, 0.5) is 0 Å². The van der Waals surface area contributed by atoms with E-state index in [0.717, 1.165) is 17.0 Å². The highest BCUT2D eigenvalue weighted by atomic mass is 16.6. The maximum atomic E-state index is 11.5. The monoisotopic (exact) mass is 408 g/mol. The third-order valence-corrected chi connectivity index (χ3v) is 5.89. The fourth-order valence-electron chi connectivity index (χ4n) is 3.95. The SMILES string of the molecule is C=C(C)C(=O)OCCOc1cc(-c2ccc(C3CCC(C)CC3)cc2)ccc1CO. The van der Waals surface area contributed by atoms with Gasteiger partial charge in [-0.15, -0.1) is 0 Å². The minimum atomic E-state index is -0.428. The number of esters is 1. The molecule has 1 N–H and O–H groups in total. The van der Waals surface area contributed by atoms with Crippen molar-refractivity contribution in [3.05, 3.63) is 65.7 Å². The molecule has 4 nitrogen and oxygen atoms in total. The summed E-state index contributed by atoms with van der Waals surface area (Å²) in [5.74, 6) is 1.70. The van der Waals surface area contributed by atoms with Crippen LogP contribution in [0.3, 0.4) is 0 Å². The van der Waals surface area contributed by atoms with Gasteiger partial charge in [-0.2, -0.15) is 0 Å². The van der Waals surface area contributed by atoms with Crippen LogP contribution in [-0.4, -0.2) is 24.3 Å². The van der Waals surface area contributed by atoms with E-state index in [9.17, 15) is 9.90 Å². The van der Waals surface area contributed by atoms with Crippen LogP contribution in [0.2, 0.25) is 0 Å². The number of aliphatic hydroxyl groups is 1. The number of carbonyl (C=O) groups is 1. The summed E-state index contributed by atoms with van der Waals surface area (Å²) in [5.41, 5.74) is 4.64. The van der Waals surface area contributed by atoms with Crippen LogP contribution in [0.5, 0.6) is 5.75 Å². The van der Waals surface area contributed by atoms with Gasteiger partial charge in [0.15, 0.2) is 0 Å². The van der Waals surface area contributed by atoms with E-state index in [1.807, 2.05) is 18.2 Å². The summed E-state index contributed by atoms with van der Waals surface area (Å²) >= 11 is 0. The molecule has 1 aliphatic carbocycles. The minimum absolute atomic E-state index is 0.111. The Morgan fingerprint density at radius 2 is 1.70 bits per heavy atom. The lowest BCUT2D eigenvalue weighted by Crippen LogP contribution is -2.13. The van der Waals surface area contributed by atoms with E-state index in [4.69, 9.17) is 9.47 Å². The van der Waals surface area contributed by atoms with Gasteiger partial charge in [0.05, 0.1) is 6.61 Å². The van der Waals surface area contributed by atoms with Gasteiger partial charge in [0.2, 0.25) is 0 Å². The summed E-state index contributed by atoms with van der Waals surface area (Å²) in [6, 6.07) is 14.6. The first-order valence-corrected chi connectivity index (χ1v) is 10.8. The summed E-state index contributed by atoms with van der Waals surface area (Å²) in [6.45, 7) is 7.75. The van der Waals surface area contributed by atoms with Gasteiger partial charge in [0.1, 0.15) is 19.0 Å². The predicted octanol–water partition coefficient (Wildman–Crippen LogP) is 5.64. The van der Waals surface area contributed by atoms with E-state index in [1.165, 1.54) is 31.2 Å². The topological polar surface area (TPSA) is 55.8 Å². The second-order valence-electron chi connectivity index (χ2n) is 8.32. The molecule has 0 aromatic heterocycles. The Kier molecular flexibility index (Phi) is 7.69. The molecule has 0 aliphatic heterocycles. The molecule has 0 saturated heterocycles. The molecule has 0 amide bonds. The molecule has 2 aromatic carbocycles. The maximum absolute atomic E-state index is 11.5. The van der Waals surface area contributed by atoms with E-state index in [-0.39, 0.29) is 19.8 Å². The maximum Gasteiger partial charge on any atom is 0.333 e. The average Bonchev–Trinajstić information content (AvgIpc) is 2.77. The van der Waals surface area contributed by atoms with Crippen LogP contribution in [0.15, 0.2) is 54.6 Å². The van der Waals surface area contributed by atoms with Crippen LogP contribution < -0.4 is 4.74 Å². The molecule has 1 fully saturated rings. The van der Waals surface area contributed by atoms with Gasteiger partial charge in [-0.3, -0.25) is 0 Å². The molecule has 0 bridgehead atoms. The lowest BCUT2D eigenvalue weighted by Gasteiger charge is -2.26. The Morgan fingerprint density at radius 3 is 2.33 bits per heavy atom. The Hall–Kier alpha value is -2.59. The third kappa shape index (κ3) is 5.73. The zero-order chi connectivity index (χ0) is 21.5. The molecule has 160 valence electrons. The molecule has 2 aromatic rings. The van der Waals surface area contributed by atoms with Gasteiger partial charge >= 0.3 is 5.97 Å². The number of carbonyl (C=O) groups excluding carboxylic acids is 1. The van der Waals surface area contributed by atoms with E-state index in [2.05, 4.69) is 37.8 Å². The highest BCUT2D eigenvalue weighted by Gasteiger charge is 2.19. The molecule has 0 unspecified atom stereocenters. The lowest BCUT2D eigenvalue weighted by atomic mass is 9.79. The third-order valence-electron chi connectivity index (χ3n) is 5.89. The van der Waals surface area contributed by atoms with Gasteiger partial charge in [0, 0.05) is 11.1 Å². The highest BCUT2D eigenvalue weighted by Crippen LogP contribution is 2.36. The summed E-state index contributed by atoms with van der Waals surface area (Å²) in [5, 5.41) is 9.62. The van der Waals surface area contributed by atoms with Gasteiger partial charge in [-0.25, -0.2) is 4.79 Å². The van der Waals surface area contributed by atoms with Crippen molar-refractivity contribution in [3.63, 3.8) is 0 Å². The number of rotatable bonds is 8. The van der Waals surface area contributed by atoms with Gasteiger partial charge < -0.3 is 14.6 Å². The average molecular weight is 409 g/mol. The Labute approximate surface area is 179 Å². The van der Waals surface area contributed by atoms with Crippen molar-refractivity contribution in [1.29, 1.82) is 0 Å². The van der Waals surface area contributed by atoms with Crippen LogP contribution in [0.25, 0.3) is 11.1 Å². The van der Waals surface area contributed by atoms with Crippen LogP contribution >= 0.6 is 0 Å². The second-order valence-corrected chi connectivity index (χ2v) is 8.32. The first-order chi connectivity index (χ1) is 14.5. The molecule has 0 spiro atoms. The van der Waals surface area contributed by atoms with Crippen molar-refractivity contribution in [2.75, 3.05) is 13.2 Å². The zero-order valence-corrected chi connectivity index (χ0v) is 18.0. The van der Waals surface area contributed by atoms with E-state index in [0.29, 0.717) is 22.8 Å². The molecule has 4 heteroatoms. The van der Waals surface area contributed by atoms with Crippen molar-refractivity contribution < 1.29 is 19.4 Å². The largest absolute Gasteiger partial charge is 0.490 e. The smallest absolute Gasteiger partial charge is 0.333 e. The fourth-order valence-corrected chi connectivity index (χ4v) is 3.95. The molecule has 1 aliphatic rings. The zero-order valence-electron chi connectivity index (χ0n) is 18.0. The fraction of sp³-hybridized carbons (Fsp3) is 0.423. The molecule has 1 saturated carbocycles. The quantitative estimate of drug-likeness (QED) is 0.349. The standard InChI is InChI=1S/C26H32O4/c1-18(2)26(28)30-15-14-29-25-16-23(12-13-24(25)17-27)22-10-8-21(9-11-22)20-6-4-19(3)5-7-20/h8-13,16,19-20,27H,1,4-7,14-15,17H2,2-3H3. The van der Waals surface area contributed by atoms with Crippen molar-refractivity contribution in [3.8, 4) is 16.9 Å². The van der Waals surface area contributed by atoms with E-state index in [1.54, 1.807) is 6.92 Å². The summed E-state index contributed by atoms with van der Waals surface area (Å²) in [7, 11) is 0. The number of ether oxygens (including phenoxy) is 2. The van der Waals surface area contributed by atoms with Gasteiger partial charge in [0.25, 0.3) is 0 Å². The Morgan fingerprint density at radius 1 is 1.03 bits per heavy atom. The minimum Gasteiger partial charge on any atom is -0.490 e. The van der Waals surface area contributed by atoms with Crippen LogP contribution in [0.1, 0.15) is 56.6 Å². The van der Waals surface area contributed by atoms with Crippen molar-refractivity contribution in [2.45, 2.75) is 52.1 Å². The Balaban J connectivity index is 1.66.